The normalized spacial score (nSPS) is 15.6. The molecule has 5 aliphatic carbocycles. The van der Waals surface area contributed by atoms with Crippen LogP contribution in [0.5, 0.6) is 11.5 Å². The van der Waals surface area contributed by atoms with Crippen molar-refractivity contribution in [2.75, 3.05) is 75.6 Å². The van der Waals surface area contributed by atoms with Gasteiger partial charge < -0.3 is 52.0 Å². The summed E-state index contributed by atoms with van der Waals surface area (Å²) in [5.74, 6) is 8.86. The van der Waals surface area contributed by atoms with E-state index >= 15 is 0 Å². The first-order valence-corrected chi connectivity index (χ1v) is 50.4. The van der Waals surface area contributed by atoms with Crippen molar-refractivity contribution in [3.8, 4) is 11.5 Å². The predicted molar refractivity (Wildman–Crippen MR) is 513 cm³/mol. The fourth-order valence-corrected chi connectivity index (χ4v) is 21.1. The fourth-order valence-electron chi connectivity index (χ4n) is 15.3. The van der Waals surface area contributed by atoms with Crippen LogP contribution >= 0.6 is 11.6 Å². The third-order valence-corrected chi connectivity index (χ3v) is 31.7. The summed E-state index contributed by atoms with van der Waals surface area (Å²) in [6.07, 6.45) is 17.7. The van der Waals surface area contributed by atoms with Gasteiger partial charge in [0.25, 0.3) is 0 Å². The minimum Gasteiger partial charge on any atom is -0.496 e. The molecular formula is C92H109ClN24O10S4. The van der Waals surface area contributed by atoms with Crippen molar-refractivity contribution in [3.63, 3.8) is 0 Å². The van der Waals surface area contributed by atoms with E-state index in [4.69, 9.17) is 26.1 Å². The lowest BCUT2D eigenvalue weighted by molar-refractivity contribution is 0.390. The second-order valence-corrected chi connectivity index (χ2v) is 43.1. The van der Waals surface area contributed by atoms with Gasteiger partial charge in [-0.05, 0) is 261 Å². The van der Waals surface area contributed by atoms with Gasteiger partial charge in [0.05, 0.1) is 41.9 Å². The zero-order valence-electron chi connectivity index (χ0n) is 74.6. The Bertz CT molecular complexity index is 6440. The predicted octanol–water partition coefficient (Wildman–Crippen LogP) is 16.6. The number of fused-ring (bicyclic) bond motifs is 2. The van der Waals surface area contributed by atoms with Gasteiger partial charge in [0, 0.05) is 144 Å². The topological polar surface area (TPSA) is 442 Å². The number of aryl methyl sites for hydroxylation is 7. The molecule has 0 bridgehead atoms. The number of benzene rings is 6. The molecule has 0 atom stereocenters. The summed E-state index contributed by atoms with van der Waals surface area (Å²) in [4.78, 5) is 35.8. The maximum absolute atomic E-state index is 12.6. The van der Waals surface area contributed by atoms with Gasteiger partial charge in [0.1, 0.15) is 34.0 Å². The first-order valence-electron chi connectivity index (χ1n) is 43.8. The van der Waals surface area contributed by atoms with Gasteiger partial charge in [-0.1, -0.05) is 48.0 Å². The minimum atomic E-state index is -3.19. The zero-order chi connectivity index (χ0) is 92.0. The van der Waals surface area contributed by atoms with Crippen molar-refractivity contribution in [2.45, 2.75) is 186 Å². The molecule has 5 fully saturated rings. The molecule has 6 aromatic carbocycles. The van der Waals surface area contributed by atoms with E-state index in [1.165, 1.54) is 37.4 Å². The van der Waals surface area contributed by atoms with E-state index in [-0.39, 0.29) is 28.0 Å². The number of nitrogens with zero attached hydrogens (tertiary/aromatic N) is 12. The van der Waals surface area contributed by atoms with Crippen LogP contribution in [0.4, 0.5) is 92.8 Å². The third kappa shape index (κ3) is 23.8. The highest BCUT2D eigenvalue weighted by molar-refractivity contribution is 7.91. The number of H-pyrrole nitrogens is 2. The fraction of sp³-hybridized carbons (Fsp3) is 0.370. The molecule has 2 aliphatic heterocycles. The number of aromatic amines is 2. The molecule has 6 aromatic heterocycles. The summed E-state index contributed by atoms with van der Waals surface area (Å²) in [7, 11) is -9.35. The molecule has 5 saturated carbocycles. The van der Waals surface area contributed by atoms with Gasteiger partial charge in [-0.15, -0.1) is 0 Å². The lowest BCUT2D eigenvalue weighted by Gasteiger charge is -2.28. The lowest BCUT2D eigenvalue weighted by Crippen LogP contribution is -2.38. The highest BCUT2D eigenvalue weighted by atomic mass is 35.5. The Morgan fingerprint density at radius 2 is 0.748 bits per heavy atom. The van der Waals surface area contributed by atoms with E-state index in [1.807, 2.05) is 158 Å². The van der Waals surface area contributed by atoms with E-state index in [0.717, 1.165) is 168 Å². The van der Waals surface area contributed by atoms with Crippen molar-refractivity contribution >= 4 is 145 Å². The second-order valence-electron chi connectivity index (χ2n) is 34.1. The largest absolute Gasteiger partial charge is 0.496 e. The molecule has 0 saturated heterocycles. The SMILES string of the molecule is CCS(=O)(=O)N1CCc2cc(Nc3nc(Nc4cc(C)c(OC)c(C)c4)ncc3C)ccc2C1.COc1c(C)cc(Nc2ncc(C)c(Nc3ccc4c(c3)CCN(S(=O)(=O)C3CC3)C4)n2)cc1C.Cc1cnc(Nc2cc(C3CC3)[nH]n2)nc1Nc1ccc(CNS(=O)(=O)C2CC2)cc1.O=S(=O)(NCc1ccc(Nc2nc(Nc3cc(C4CC4)[nH]n3)ncc2Cl)cc1)C1CC1. The number of sulfonamides is 4. The van der Waals surface area contributed by atoms with Gasteiger partial charge in [0.15, 0.2) is 17.5 Å². The number of halogens is 1. The van der Waals surface area contributed by atoms with Crippen molar-refractivity contribution in [1.82, 2.24) is 78.3 Å². The Morgan fingerprint density at radius 1 is 0.389 bits per heavy atom. The van der Waals surface area contributed by atoms with Gasteiger partial charge in [-0.2, -0.15) is 38.7 Å². The Balaban J connectivity index is 0.000000128. The Labute approximate surface area is 769 Å². The minimum absolute atomic E-state index is 0.126. The van der Waals surface area contributed by atoms with Crippen LogP contribution in [-0.4, -0.2) is 151 Å². The number of rotatable bonds is 32. The van der Waals surface area contributed by atoms with Crippen LogP contribution in [0.15, 0.2) is 146 Å². The number of nitrogens with one attached hydrogen (secondary N) is 12. The molecule has 0 radical (unpaired) electrons. The van der Waals surface area contributed by atoms with E-state index in [1.54, 1.807) is 48.3 Å². The van der Waals surface area contributed by atoms with Crippen LogP contribution in [0.1, 0.15) is 167 Å². The number of hydrogen-bond donors (Lipinski definition) is 12. The summed E-state index contributed by atoms with van der Waals surface area (Å²) in [6.45, 7) is 18.1. The van der Waals surface area contributed by atoms with Crippen LogP contribution in [0.25, 0.3) is 0 Å². The Kier molecular flexibility index (Phi) is 27.9. The van der Waals surface area contributed by atoms with Crippen LogP contribution < -0.4 is 61.5 Å². The van der Waals surface area contributed by atoms with E-state index in [2.05, 4.69) is 119 Å². The van der Waals surface area contributed by atoms with E-state index < -0.39 is 40.1 Å². The highest BCUT2D eigenvalue weighted by Gasteiger charge is 2.42. The molecule has 0 spiro atoms. The van der Waals surface area contributed by atoms with Crippen LogP contribution in [0.3, 0.4) is 0 Å². The first-order chi connectivity index (χ1) is 62.9. The number of methoxy groups -OCH3 is 2. The Hall–Kier alpha value is -12.0. The molecule has 34 nitrogen and oxygen atoms in total. The van der Waals surface area contributed by atoms with Gasteiger partial charge in [-0.3, -0.25) is 10.2 Å². The highest BCUT2D eigenvalue weighted by Crippen LogP contribution is 2.43. The molecule has 19 rings (SSSR count). The van der Waals surface area contributed by atoms with Crippen molar-refractivity contribution < 1.29 is 43.1 Å². The maximum Gasteiger partial charge on any atom is 0.230 e. The second kappa shape index (κ2) is 39.6. The summed E-state index contributed by atoms with van der Waals surface area (Å²) >= 11 is 6.26. The molecule has 12 N–H and O–H groups in total. The van der Waals surface area contributed by atoms with E-state index in [0.29, 0.717) is 115 Å². The number of aromatic nitrogens is 12. The smallest absolute Gasteiger partial charge is 0.230 e. The summed E-state index contributed by atoms with van der Waals surface area (Å²) < 4.78 is 117. The molecule has 12 aromatic rings. The summed E-state index contributed by atoms with van der Waals surface area (Å²) in [5, 5.41) is 40.5. The molecule has 7 aliphatic rings. The van der Waals surface area contributed by atoms with Crippen LogP contribution in [0.2, 0.25) is 5.02 Å². The monoisotopic (exact) mass is 1870 g/mol. The van der Waals surface area contributed by atoms with Gasteiger partial charge >= 0.3 is 0 Å². The van der Waals surface area contributed by atoms with E-state index in [9.17, 15) is 33.7 Å². The average molecular weight is 1870 g/mol. The molecule has 8 heterocycles. The van der Waals surface area contributed by atoms with Gasteiger partial charge in [0.2, 0.25) is 63.9 Å². The molecule has 0 unspecified atom stereocenters. The van der Waals surface area contributed by atoms with Gasteiger partial charge in [-0.25, -0.2) is 63.1 Å². The third-order valence-electron chi connectivity index (χ3n) is 23.5. The Morgan fingerprint density at radius 3 is 1.14 bits per heavy atom. The number of hydrogen-bond acceptors (Lipinski definition) is 28. The molecule has 0 amide bonds. The van der Waals surface area contributed by atoms with Crippen molar-refractivity contribution in [2.24, 2.45) is 0 Å². The molecule has 131 heavy (non-hydrogen) atoms. The van der Waals surface area contributed by atoms with Crippen LogP contribution in [0, 0.1) is 48.5 Å². The molecule has 688 valence electrons. The van der Waals surface area contributed by atoms with Crippen molar-refractivity contribution in [3.05, 3.63) is 235 Å². The lowest BCUT2D eigenvalue weighted by atomic mass is 10.0. The molecule has 39 heteroatoms. The first kappa shape index (κ1) is 92.3. The maximum atomic E-state index is 12.6. The standard InChI is InChI=1S/C26H31N5O3S.C25H31N5O3S.C21H25N7O2S.C20H22ClN7O2S/c1-16-11-22(12-17(2)24(16)34-4)29-26-27-14-18(3)25(30-26)28-21-6-5-20-15-31(10-9-19(20)13-21)35(32,33)23-7-8-23;1-6-34(31,32)30-10-9-19-13-21(8-7-20(19)15-30)27-24-18(4)14-26-25(29-24)28-22-11-16(2)23(33-5)17(3)12-22;1-13-11-22-21(25-19-10-18(27-28-19)15-4-5-15)26-20(13)24-16-6-2-14(3-7-16)12-23-31(29,30)17-8-9-17;21-16-11-22-20(25-18-9-17(27-28-18)13-3-4-13)26-19(16)24-14-5-1-12(2-6-14)10-23-31(29,30)15-7-8-15/h5-6,11-14,23H,7-10,15H2,1-4H3,(H2,27,28,29,30);7-8,11-14H,6,9-10,15H2,1-5H3,(H2,26,27,28,29);2-3,6-7,10-11,15,17,23H,4-5,8-9,12H2,1H3,(H3,22,24,25,26,27,28);1-2,5-6,9,11,13,15,23H,3-4,7-8,10H2,(H3,22,24,25,26,27,28). The zero-order valence-corrected chi connectivity index (χ0v) is 78.7. The number of ether oxygens (including phenoxy) is 2. The summed E-state index contributed by atoms with van der Waals surface area (Å²) in [6, 6.07) is 39.2. The van der Waals surface area contributed by atoms with Crippen molar-refractivity contribution in [1.29, 1.82) is 0 Å². The summed E-state index contributed by atoms with van der Waals surface area (Å²) in [5.41, 5.74) is 20.7. The number of anilines is 16. The molecular weight excluding hydrogens is 1760 g/mol. The van der Waals surface area contributed by atoms with Crippen LogP contribution in [-0.2, 0) is 79.1 Å². The quantitative estimate of drug-likeness (QED) is 0.0186. The average Bonchev–Trinajstić information content (AvgIpc) is 1.61.